The average molecular weight is 228 g/mol. The number of alkyl halides is 1. The molecule has 0 nitrogen and oxygen atoms in total. The largest absolute Gasteiger partial charge is 0.0835 e. The molecule has 0 saturated carbocycles. The molecule has 0 saturated heterocycles. The molecular formula is C5H13ISi. The molecule has 0 fully saturated rings. The van der Waals surface area contributed by atoms with Gasteiger partial charge in [0.25, 0.3) is 0 Å². The van der Waals surface area contributed by atoms with E-state index in [1.54, 1.807) is 0 Å². The van der Waals surface area contributed by atoms with E-state index in [2.05, 4.69) is 36.4 Å². The van der Waals surface area contributed by atoms with Gasteiger partial charge in [-0.2, -0.15) is 0 Å². The molecule has 0 aliphatic carbocycles. The molecule has 0 unspecified atom stereocenters. The molecule has 2 heteroatoms. The Kier molecular flexibility index (Phi) is 3.48. The minimum Gasteiger partial charge on any atom is -0.0835 e. The van der Waals surface area contributed by atoms with Crippen LogP contribution in [0.25, 0.3) is 0 Å². The van der Waals surface area contributed by atoms with Crippen LogP contribution < -0.4 is 0 Å². The lowest BCUT2D eigenvalue weighted by Crippen LogP contribution is -2.16. The highest BCUT2D eigenvalue weighted by molar-refractivity contribution is 14.1. The molecule has 0 aromatic heterocycles. The summed E-state index contributed by atoms with van der Waals surface area (Å²) in [6.45, 7) is 4.53. The summed E-state index contributed by atoms with van der Waals surface area (Å²) in [6, 6.07) is 0. The van der Waals surface area contributed by atoms with Crippen LogP contribution in [0.3, 0.4) is 0 Å². The number of rotatable bonds is 2. The standard InChI is InChI=1S/C5H13ISi/c1-3-5(6,7)4-2/h3-4H2,1-2,7H3. The smallest absolute Gasteiger partial charge is 0.0230 e. The van der Waals surface area contributed by atoms with Gasteiger partial charge in [-0.1, -0.05) is 36.4 Å². The maximum Gasteiger partial charge on any atom is 0.0230 e. The minimum absolute atomic E-state index is 0.692. The lowest BCUT2D eigenvalue weighted by atomic mass is 10.3. The Morgan fingerprint density at radius 2 is 1.71 bits per heavy atom. The van der Waals surface area contributed by atoms with Gasteiger partial charge in [-0.15, -0.1) is 0 Å². The van der Waals surface area contributed by atoms with E-state index >= 15 is 0 Å². The molecule has 0 bridgehead atoms. The van der Waals surface area contributed by atoms with E-state index in [0.29, 0.717) is 3.04 Å². The summed E-state index contributed by atoms with van der Waals surface area (Å²) in [5, 5.41) is 0. The van der Waals surface area contributed by atoms with Gasteiger partial charge in [-0.05, 0) is 12.8 Å². The van der Waals surface area contributed by atoms with Crippen LogP contribution in [-0.4, -0.2) is 13.3 Å². The topological polar surface area (TPSA) is 0 Å². The van der Waals surface area contributed by atoms with Crippen LogP contribution in [0.2, 0.25) is 0 Å². The van der Waals surface area contributed by atoms with Crippen molar-refractivity contribution >= 4 is 32.8 Å². The summed E-state index contributed by atoms with van der Waals surface area (Å²) in [4.78, 5) is 0. The van der Waals surface area contributed by atoms with Crippen LogP contribution in [0.4, 0.5) is 0 Å². The first-order valence-corrected chi connectivity index (χ1v) is 4.89. The van der Waals surface area contributed by atoms with E-state index in [4.69, 9.17) is 0 Å². The summed E-state index contributed by atoms with van der Waals surface area (Å²) >= 11 is 2.57. The quantitative estimate of drug-likeness (QED) is 0.379. The van der Waals surface area contributed by atoms with Crippen LogP contribution in [0, 0.1) is 0 Å². The normalized spacial score (nSPS) is 12.4. The van der Waals surface area contributed by atoms with Gasteiger partial charge < -0.3 is 0 Å². The zero-order valence-corrected chi connectivity index (χ0v) is 9.45. The van der Waals surface area contributed by atoms with Crippen LogP contribution in [-0.2, 0) is 0 Å². The van der Waals surface area contributed by atoms with Gasteiger partial charge in [0.2, 0.25) is 0 Å². The van der Waals surface area contributed by atoms with Crippen molar-refractivity contribution in [1.29, 1.82) is 0 Å². The van der Waals surface area contributed by atoms with Crippen LogP contribution in [0.1, 0.15) is 26.7 Å². The van der Waals surface area contributed by atoms with Crippen molar-refractivity contribution in [3.05, 3.63) is 0 Å². The van der Waals surface area contributed by atoms with Gasteiger partial charge in [-0.3, -0.25) is 0 Å². The summed E-state index contributed by atoms with van der Waals surface area (Å²) in [6.07, 6.45) is 2.69. The third-order valence-corrected chi connectivity index (χ3v) is 4.41. The fourth-order valence-electron chi connectivity index (χ4n) is 0.250. The van der Waals surface area contributed by atoms with Gasteiger partial charge in [0.1, 0.15) is 0 Å². The summed E-state index contributed by atoms with van der Waals surface area (Å²) < 4.78 is 0.692. The molecule has 0 spiro atoms. The third kappa shape index (κ3) is 3.52. The minimum atomic E-state index is 0.692. The van der Waals surface area contributed by atoms with Crippen molar-refractivity contribution in [2.45, 2.75) is 29.7 Å². The van der Waals surface area contributed by atoms with Gasteiger partial charge in [0.15, 0.2) is 0 Å². The Bertz CT molecular complexity index is 46.0. The van der Waals surface area contributed by atoms with E-state index < -0.39 is 0 Å². The molecule has 0 amide bonds. The Morgan fingerprint density at radius 1 is 1.43 bits per heavy atom. The van der Waals surface area contributed by atoms with Crippen LogP contribution in [0.15, 0.2) is 0 Å². The SMILES string of the molecule is CCC([SiH3])(I)CC. The van der Waals surface area contributed by atoms with E-state index in [0.717, 1.165) is 0 Å². The molecule has 0 heterocycles. The highest BCUT2D eigenvalue weighted by atomic mass is 127. The lowest BCUT2D eigenvalue weighted by Gasteiger charge is -2.16. The fraction of sp³-hybridized carbons (Fsp3) is 1.00. The molecule has 0 rings (SSSR count). The van der Waals surface area contributed by atoms with Gasteiger partial charge >= 0.3 is 0 Å². The predicted octanol–water partition coefficient (Wildman–Crippen LogP) is 1.30. The molecule has 0 aromatic carbocycles. The Labute approximate surface area is 62.6 Å². The highest BCUT2D eigenvalue weighted by Crippen LogP contribution is 2.21. The van der Waals surface area contributed by atoms with Crippen LogP contribution in [0.5, 0.6) is 0 Å². The molecule has 7 heavy (non-hydrogen) atoms. The lowest BCUT2D eigenvalue weighted by molar-refractivity contribution is 0.756. The van der Waals surface area contributed by atoms with Crippen molar-refractivity contribution in [2.75, 3.05) is 0 Å². The van der Waals surface area contributed by atoms with Crippen LogP contribution >= 0.6 is 22.6 Å². The molecule has 0 aliphatic rings. The third-order valence-electron chi connectivity index (χ3n) is 1.47. The van der Waals surface area contributed by atoms with Crippen molar-refractivity contribution < 1.29 is 0 Å². The Morgan fingerprint density at radius 3 is 1.71 bits per heavy atom. The Hall–Kier alpha value is 0.947. The van der Waals surface area contributed by atoms with E-state index in [-0.39, 0.29) is 0 Å². The zero-order valence-electron chi connectivity index (χ0n) is 5.29. The van der Waals surface area contributed by atoms with Crippen molar-refractivity contribution in [1.82, 2.24) is 0 Å². The summed E-state index contributed by atoms with van der Waals surface area (Å²) in [7, 11) is 1.34. The summed E-state index contributed by atoms with van der Waals surface area (Å²) in [5.74, 6) is 0. The zero-order chi connectivity index (χ0) is 5.91. The predicted molar refractivity (Wildman–Crippen MR) is 47.3 cm³/mol. The van der Waals surface area contributed by atoms with Gasteiger partial charge in [0, 0.05) is 13.3 Å². The number of hydrogen-bond donors (Lipinski definition) is 0. The van der Waals surface area contributed by atoms with E-state index in [1.165, 1.54) is 23.1 Å². The maximum absolute atomic E-state index is 2.57. The first-order valence-electron chi connectivity index (χ1n) is 2.81. The Balaban J connectivity index is 3.36. The average Bonchev–Trinajstić information content (AvgIpc) is 1.68. The fourth-order valence-corrected chi connectivity index (χ4v) is 0.250. The second-order valence-electron chi connectivity index (χ2n) is 2.12. The van der Waals surface area contributed by atoms with Gasteiger partial charge in [-0.25, -0.2) is 0 Å². The molecule has 44 valence electrons. The molecule has 0 atom stereocenters. The molecular weight excluding hydrogens is 215 g/mol. The second-order valence-corrected chi connectivity index (χ2v) is 8.67. The maximum atomic E-state index is 2.57. The molecule has 0 aliphatic heterocycles. The highest BCUT2D eigenvalue weighted by Gasteiger charge is 2.12. The van der Waals surface area contributed by atoms with E-state index in [9.17, 15) is 0 Å². The first kappa shape index (κ1) is 7.95. The number of halogens is 1. The van der Waals surface area contributed by atoms with Crippen molar-refractivity contribution in [3.63, 3.8) is 0 Å². The summed E-state index contributed by atoms with van der Waals surface area (Å²) in [5.41, 5.74) is 0. The van der Waals surface area contributed by atoms with E-state index in [1.807, 2.05) is 0 Å². The molecule has 0 radical (unpaired) electrons. The monoisotopic (exact) mass is 228 g/mol. The number of hydrogen-bond acceptors (Lipinski definition) is 0. The molecule has 0 aromatic rings. The first-order chi connectivity index (χ1) is 3.12. The van der Waals surface area contributed by atoms with Crippen molar-refractivity contribution in [2.24, 2.45) is 0 Å². The van der Waals surface area contributed by atoms with Gasteiger partial charge in [0.05, 0.1) is 0 Å². The molecule has 0 N–H and O–H groups in total. The second kappa shape index (κ2) is 3.07. The van der Waals surface area contributed by atoms with Crippen molar-refractivity contribution in [3.8, 4) is 0 Å².